The minimum Gasteiger partial charge on any atom is -0.481 e. The number of halogens is 1. The van der Waals surface area contributed by atoms with Crippen LogP contribution in [0.1, 0.15) is 35.0 Å². The number of hydrogen-bond acceptors (Lipinski definition) is 2. The van der Waals surface area contributed by atoms with Gasteiger partial charge >= 0.3 is 5.97 Å². The summed E-state index contributed by atoms with van der Waals surface area (Å²) in [5, 5.41) is 8.21. The van der Waals surface area contributed by atoms with E-state index >= 15 is 0 Å². The summed E-state index contributed by atoms with van der Waals surface area (Å²) in [7, 11) is 0. The summed E-state index contributed by atoms with van der Waals surface area (Å²) >= 11 is 0. The molecule has 5 heteroatoms. The van der Waals surface area contributed by atoms with Gasteiger partial charge in [-0.25, -0.2) is 4.39 Å². The van der Waals surface area contributed by atoms with Crippen molar-refractivity contribution < 1.29 is 19.1 Å². The van der Waals surface area contributed by atoms with Crippen LogP contribution in [0.5, 0.6) is 0 Å². The summed E-state index contributed by atoms with van der Waals surface area (Å²) in [6, 6.07) is 14.2. The quantitative estimate of drug-likeness (QED) is 0.743. The van der Waals surface area contributed by atoms with Crippen LogP contribution in [0, 0.1) is 19.7 Å². The van der Waals surface area contributed by atoms with E-state index in [-0.39, 0.29) is 18.1 Å². The summed E-state index contributed by atoms with van der Waals surface area (Å²) in [5.41, 5.74) is 2.52. The molecule has 0 saturated carbocycles. The summed E-state index contributed by atoms with van der Waals surface area (Å²) < 4.78 is 15.7. The molecule has 0 aliphatic heterocycles. The molecule has 0 aliphatic rings. The Morgan fingerprint density at radius 1 is 1.08 bits per heavy atom. The van der Waals surface area contributed by atoms with Crippen LogP contribution in [-0.2, 0) is 4.79 Å². The molecule has 2 aromatic carbocycles. The first-order valence-corrected chi connectivity index (χ1v) is 7.95. The zero-order chi connectivity index (χ0) is 18.6. The molecule has 4 nitrogen and oxygen atoms in total. The SMILES string of the molecule is CCC(=O)O.Cc1ccc2c(cc(C)n2C(=O)c2ccccc2)c1F. The normalized spacial score (nSPS) is 10.2. The van der Waals surface area contributed by atoms with Crippen LogP contribution in [0.4, 0.5) is 4.39 Å². The maximum absolute atomic E-state index is 14.1. The average molecular weight is 341 g/mol. The summed E-state index contributed by atoms with van der Waals surface area (Å²) in [6.45, 7) is 5.14. The molecule has 0 amide bonds. The van der Waals surface area contributed by atoms with Gasteiger partial charge in [-0.15, -0.1) is 0 Å². The lowest BCUT2D eigenvalue weighted by molar-refractivity contribution is -0.136. The fraction of sp³-hybridized carbons (Fsp3) is 0.200. The molecule has 0 spiro atoms. The van der Waals surface area contributed by atoms with E-state index < -0.39 is 5.97 Å². The van der Waals surface area contributed by atoms with Gasteiger partial charge in [0.1, 0.15) is 5.82 Å². The van der Waals surface area contributed by atoms with Crippen LogP contribution in [-0.4, -0.2) is 21.6 Å². The molecule has 3 rings (SSSR count). The zero-order valence-electron chi connectivity index (χ0n) is 14.4. The number of aryl methyl sites for hydroxylation is 2. The molecule has 130 valence electrons. The van der Waals surface area contributed by atoms with Crippen molar-refractivity contribution in [3.8, 4) is 0 Å². The highest BCUT2D eigenvalue weighted by Crippen LogP contribution is 2.25. The van der Waals surface area contributed by atoms with E-state index in [0.717, 1.165) is 5.69 Å². The second-order valence-corrected chi connectivity index (χ2v) is 5.67. The molecule has 0 unspecified atom stereocenters. The molecular weight excluding hydrogens is 321 g/mol. The van der Waals surface area contributed by atoms with Crippen molar-refractivity contribution in [3.63, 3.8) is 0 Å². The largest absolute Gasteiger partial charge is 0.481 e. The van der Waals surface area contributed by atoms with Gasteiger partial charge in [-0.1, -0.05) is 31.2 Å². The van der Waals surface area contributed by atoms with Gasteiger partial charge in [0.2, 0.25) is 0 Å². The minimum absolute atomic E-state index is 0.138. The second-order valence-electron chi connectivity index (χ2n) is 5.67. The monoisotopic (exact) mass is 341 g/mol. The molecule has 25 heavy (non-hydrogen) atoms. The highest BCUT2D eigenvalue weighted by atomic mass is 19.1. The van der Waals surface area contributed by atoms with Gasteiger partial charge in [0.15, 0.2) is 0 Å². The number of nitrogens with zero attached hydrogens (tertiary/aromatic N) is 1. The first-order chi connectivity index (χ1) is 11.9. The second kappa shape index (κ2) is 7.75. The fourth-order valence-corrected chi connectivity index (χ4v) is 2.47. The predicted octanol–water partition coefficient (Wildman–Crippen LogP) is 4.57. The third-order valence-corrected chi connectivity index (χ3v) is 3.82. The Hall–Kier alpha value is -2.95. The van der Waals surface area contributed by atoms with Crippen LogP contribution in [0.2, 0.25) is 0 Å². The maximum atomic E-state index is 14.1. The summed E-state index contributed by atoms with van der Waals surface area (Å²) in [4.78, 5) is 21.9. The molecule has 0 aliphatic carbocycles. The lowest BCUT2D eigenvalue weighted by Gasteiger charge is -2.07. The van der Waals surface area contributed by atoms with Crippen LogP contribution < -0.4 is 0 Å². The Bertz CT molecular complexity index is 914. The fourth-order valence-electron chi connectivity index (χ4n) is 2.47. The lowest BCUT2D eigenvalue weighted by atomic mass is 10.1. The van der Waals surface area contributed by atoms with Gasteiger partial charge in [0.05, 0.1) is 5.52 Å². The van der Waals surface area contributed by atoms with E-state index in [9.17, 15) is 14.0 Å². The average Bonchev–Trinajstić information content (AvgIpc) is 2.95. The third-order valence-electron chi connectivity index (χ3n) is 3.82. The van der Waals surface area contributed by atoms with Crippen LogP contribution in [0.3, 0.4) is 0 Å². The Kier molecular flexibility index (Phi) is 5.70. The molecule has 3 aromatic rings. The van der Waals surface area contributed by atoms with Gasteiger partial charge < -0.3 is 5.11 Å². The van der Waals surface area contributed by atoms with E-state index in [1.807, 2.05) is 25.1 Å². The third kappa shape index (κ3) is 3.94. The molecule has 1 aromatic heterocycles. The number of aromatic nitrogens is 1. The number of rotatable bonds is 2. The molecule has 1 heterocycles. The van der Waals surface area contributed by atoms with Gasteiger partial charge in [-0.05, 0) is 43.7 Å². The van der Waals surface area contributed by atoms with E-state index in [1.165, 1.54) is 0 Å². The van der Waals surface area contributed by atoms with Gasteiger partial charge in [-0.2, -0.15) is 0 Å². The number of carboxylic acid groups (broad SMARTS) is 1. The first kappa shape index (κ1) is 18.4. The summed E-state index contributed by atoms with van der Waals surface area (Å²) in [6.07, 6.45) is 0.222. The Balaban J connectivity index is 0.000000399. The molecule has 0 bridgehead atoms. The Morgan fingerprint density at radius 3 is 2.24 bits per heavy atom. The topological polar surface area (TPSA) is 59.3 Å². The molecule has 1 N–H and O–H groups in total. The van der Waals surface area contributed by atoms with Gasteiger partial charge in [-0.3, -0.25) is 14.2 Å². The van der Waals surface area contributed by atoms with E-state index in [4.69, 9.17) is 5.11 Å². The molecule has 0 radical (unpaired) electrons. The van der Waals surface area contributed by atoms with Crippen molar-refractivity contribution in [1.82, 2.24) is 4.57 Å². The minimum atomic E-state index is -0.745. The standard InChI is InChI=1S/C17H14FNO.C3H6O2/c1-11-8-9-15-14(16(11)18)10-12(2)19(15)17(20)13-6-4-3-5-7-13;1-2-3(4)5/h3-10H,1-2H3;2H2,1H3,(H,4,5). The van der Waals surface area contributed by atoms with Crippen molar-refractivity contribution >= 4 is 22.8 Å². The smallest absolute Gasteiger partial charge is 0.303 e. The number of carbonyl (C=O) groups is 2. The first-order valence-electron chi connectivity index (χ1n) is 7.95. The van der Waals surface area contributed by atoms with Crippen LogP contribution >= 0.6 is 0 Å². The Morgan fingerprint density at radius 2 is 1.68 bits per heavy atom. The van der Waals surface area contributed by atoms with Crippen molar-refractivity contribution in [2.45, 2.75) is 27.2 Å². The number of benzene rings is 2. The predicted molar refractivity (Wildman–Crippen MR) is 95.5 cm³/mol. The van der Waals surface area contributed by atoms with Crippen molar-refractivity contribution in [2.24, 2.45) is 0 Å². The number of carboxylic acids is 1. The van der Waals surface area contributed by atoms with Gasteiger partial charge in [0.25, 0.3) is 5.91 Å². The summed E-state index contributed by atoms with van der Waals surface area (Å²) in [5.74, 6) is -1.14. The molecule has 0 atom stereocenters. The number of carbonyl (C=O) groups excluding carboxylic acids is 1. The molecule has 0 saturated heterocycles. The van der Waals surface area contributed by atoms with Crippen molar-refractivity contribution in [2.75, 3.05) is 0 Å². The zero-order valence-corrected chi connectivity index (χ0v) is 14.4. The molecular formula is C20H20FNO3. The lowest BCUT2D eigenvalue weighted by Crippen LogP contribution is -2.13. The highest BCUT2D eigenvalue weighted by molar-refractivity contribution is 6.03. The van der Waals surface area contributed by atoms with Crippen LogP contribution in [0.25, 0.3) is 10.9 Å². The van der Waals surface area contributed by atoms with E-state index in [2.05, 4.69) is 0 Å². The van der Waals surface area contributed by atoms with Crippen molar-refractivity contribution in [1.29, 1.82) is 0 Å². The van der Waals surface area contributed by atoms with Crippen LogP contribution in [0.15, 0.2) is 48.5 Å². The van der Waals surface area contributed by atoms with E-state index in [1.54, 1.807) is 48.7 Å². The number of fused-ring (bicyclic) bond motifs is 1. The number of aliphatic carboxylic acids is 1. The molecule has 0 fully saturated rings. The number of hydrogen-bond donors (Lipinski definition) is 1. The maximum Gasteiger partial charge on any atom is 0.303 e. The highest BCUT2D eigenvalue weighted by Gasteiger charge is 2.17. The van der Waals surface area contributed by atoms with E-state index in [0.29, 0.717) is 22.0 Å². The van der Waals surface area contributed by atoms with Gasteiger partial charge in [0, 0.05) is 23.1 Å². The van der Waals surface area contributed by atoms with Crippen molar-refractivity contribution in [3.05, 3.63) is 71.2 Å². The Labute approximate surface area is 145 Å².